The minimum atomic E-state index is -0.497. The number of hydrogen-bond acceptors (Lipinski definition) is 3. The lowest BCUT2D eigenvalue weighted by Crippen LogP contribution is -2.12. The first-order chi connectivity index (χ1) is 9.10. The molecule has 2 N–H and O–H groups in total. The average Bonchev–Trinajstić information content (AvgIpc) is 2.41. The van der Waals surface area contributed by atoms with Gasteiger partial charge in [-0.25, -0.2) is 0 Å². The van der Waals surface area contributed by atoms with Gasteiger partial charge < -0.3 is 10.4 Å². The van der Waals surface area contributed by atoms with E-state index in [1.807, 2.05) is 0 Å². The largest absolute Gasteiger partial charge is 0.507 e. The van der Waals surface area contributed by atoms with Crippen LogP contribution in [0.1, 0.15) is 20.7 Å². The van der Waals surface area contributed by atoms with E-state index >= 15 is 0 Å². The number of anilines is 1. The van der Waals surface area contributed by atoms with Gasteiger partial charge in [0.15, 0.2) is 0 Å². The molecule has 2 aromatic rings. The highest BCUT2D eigenvalue weighted by molar-refractivity contribution is 6.31. The van der Waals surface area contributed by atoms with E-state index < -0.39 is 5.91 Å². The van der Waals surface area contributed by atoms with Crippen molar-refractivity contribution in [3.63, 3.8) is 0 Å². The van der Waals surface area contributed by atoms with Crippen LogP contribution in [0.3, 0.4) is 0 Å². The summed E-state index contributed by atoms with van der Waals surface area (Å²) in [4.78, 5) is 22.6. The fraction of sp³-hybridized carbons (Fsp3) is 0. The van der Waals surface area contributed by atoms with Crippen molar-refractivity contribution in [2.45, 2.75) is 0 Å². The van der Waals surface area contributed by atoms with E-state index in [0.717, 1.165) is 0 Å². The summed E-state index contributed by atoms with van der Waals surface area (Å²) in [6, 6.07) is 10.7. The van der Waals surface area contributed by atoms with Crippen molar-refractivity contribution < 1.29 is 14.7 Å². The molecule has 2 rings (SSSR count). The van der Waals surface area contributed by atoms with Gasteiger partial charge in [-0.2, -0.15) is 0 Å². The first-order valence-electron chi connectivity index (χ1n) is 5.45. The Kier molecular flexibility index (Phi) is 3.82. The van der Waals surface area contributed by atoms with Gasteiger partial charge in [-0.15, -0.1) is 0 Å². The Morgan fingerprint density at radius 1 is 1.21 bits per heavy atom. The zero-order valence-corrected chi connectivity index (χ0v) is 10.5. The van der Waals surface area contributed by atoms with Crippen molar-refractivity contribution in [2.75, 3.05) is 5.32 Å². The monoisotopic (exact) mass is 275 g/mol. The molecule has 0 heterocycles. The van der Waals surface area contributed by atoms with Crippen molar-refractivity contribution in [1.82, 2.24) is 0 Å². The number of aldehydes is 1. The van der Waals surface area contributed by atoms with Crippen molar-refractivity contribution in [1.29, 1.82) is 0 Å². The number of nitrogens with one attached hydrogen (secondary N) is 1. The van der Waals surface area contributed by atoms with Gasteiger partial charge in [0.2, 0.25) is 0 Å². The molecule has 0 saturated heterocycles. The van der Waals surface area contributed by atoms with Gasteiger partial charge in [0.25, 0.3) is 5.91 Å². The van der Waals surface area contributed by atoms with E-state index in [1.54, 1.807) is 18.2 Å². The molecule has 0 bridgehead atoms. The summed E-state index contributed by atoms with van der Waals surface area (Å²) in [7, 11) is 0. The molecule has 0 aliphatic rings. The maximum absolute atomic E-state index is 12.0. The predicted octanol–water partition coefficient (Wildman–Crippen LogP) is 3.11. The van der Waals surface area contributed by atoms with Gasteiger partial charge >= 0.3 is 0 Å². The lowest BCUT2D eigenvalue weighted by atomic mass is 10.1. The van der Waals surface area contributed by atoms with Crippen LogP contribution in [0.15, 0.2) is 42.5 Å². The highest BCUT2D eigenvalue weighted by atomic mass is 35.5. The number of amides is 1. The number of halogens is 1. The van der Waals surface area contributed by atoms with E-state index in [-0.39, 0.29) is 11.3 Å². The zero-order valence-electron chi connectivity index (χ0n) is 9.76. The third-order valence-electron chi connectivity index (χ3n) is 2.48. The Morgan fingerprint density at radius 3 is 2.74 bits per heavy atom. The Hall–Kier alpha value is -2.33. The number of rotatable bonds is 3. The van der Waals surface area contributed by atoms with Gasteiger partial charge in [0.05, 0.1) is 5.56 Å². The molecule has 0 unspecified atom stereocenters. The summed E-state index contributed by atoms with van der Waals surface area (Å²) >= 11 is 5.77. The van der Waals surface area contributed by atoms with Crippen molar-refractivity contribution in [3.05, 3.63) is 58.6 Å². The molecule has 0 aromatic heterocycles. The van der Waals surface area contributed by atoms with Gasteiger partial charge in [-0.1, -0.05) is 23.7 Å². The number of carbonyl (C=O) groups is 2. The third kappa shape index (κ3) is 3.11. The Bertz CT molecular complexity index is 640. The SMILES string of the molecule is O=Cc1cccc(NC(=O)c2cc(Cl)ccc2O)c1. The maximum Gasteiger partial charge on any atom is 0.259 e. The zero-order chi connectivity index (χ0) is 13.8. The highest BCUT2D eigenvalue weighted by Crippen LogP contribution is 2.22. The molecule has 96 valence electrons. The fourth-order valence-corrected chi connectivity index (χ4v) is 1.75. The third-order valence-corrected chi connectivity index (χ3v) is 2.72. The molecule has 0 saturated carbocycles. The van der Waals surface area contributed by atoms with Gasteiger partial charge in [-0.05, 0) is 30.3 Å². The lowest BCUT2D eigenvalue weighted by Gasteiger charge is -2.07. The minimum absolute atomic E-state index is 0.0732. The molecule has 0 aliphatic carbocycles. The molecule has 2 aromatic carbocycles. The first kappa shape index (κ1) is 13.1. The average molecular weight is 276 g/mol. The molecule has 0 fully saturated rings. The molecule has 19 heavy (non-hydrogen) atoms. The molecule has 0 radical (unpaired) electrons. The first-order valence-corrected chi connectivity index (χ1v) is 5.83. The van der Waals surface area contributed by atoms with E-state index in [9.17, 15) is 14.7 Å². The van der Waals surface area contributed by atoms with E-state index in [0.29, 0.717) is 22.6 Å². The summed E-state index contributed by atoms with van der Waals surface area (Å²) in [5.74, 6) is -0.656. The summed E-state index contributed by atoms with van der Waals surface area (Å²) in [6.45, 7) is 0. The normalized spacial score (nSPS) is 9.95. The number of aromatic hydroxyl groups is 1. The molecular formula is C14H10ClNO3. The molecule has 0 aliphatic heterocycles. The molecule has 4 nitrogen and oxygen atoms in total. The second-order valence-corrected chi connectivity index (χ2v) is 4.30. The van der Waals surface area contributed by atoms with Crippen LogP contribution in [0.4, 0.5) is 5.69 Å². The highest BCUT2D eigenvalue weighted by Gasteiger charge is 2.12. The van der Waals surface area contributed by atoms with Crippen molar-refractivity contribution in [3.8, 4) is 5.75 Å². The Labute approximate surface area is 114 Å². The summed E-state index contributed by atoms with van der Waals surface area (Å²) in [6.07, 6.45) is 0.687. The topological polar surface area (TPSA) is 66.4 Å². The number of phenolic OH excluding ortho intramolecular Hbond substituents is 1. The van der Waals surface area contributed by atoms with Crippen molar-refractivity contribution in [2.24, 2.45) is 0 Å². The number of benzene rings is 2. The summed E-state index contributed by atoms with van der Waals surface area (Å²) in [5.41, 5.74) is 0.992. The smallest absolute Gasteiger partial charge is 0.259 e. The second kappa shape index (κ2) is 5.54. The Morgan fingerprint density at radius 2 is 2.00 bits per heavy atom. The number of phenols is 1. The van der Waals surface area contributed by atoms with Crippen molar-refractivity contribution >= 4 is 29.5 Å². The fourth-order valence-electron chi connectivity index (χ4n) is 1.58. The van der Waals surface area contributed by atoms with Gasteiger partial charge in [-0.3, -0.25) is 9.59 Å². The van der Waals surface area contributed by atoms with Gasteiger partial charge in [0, 0.05) is 16.3 Å². The van der Waals surface area contributed by atoms with E-state index in [2.05, 4.69) is 5.32 Å². The lowest BCUT2D eigenvalue weighted by molar-refractivity contribution is 0.102. The Balaban J connectivity index is 2.25. The minimum Gasteiger partial charge on any atom is -0.507 e. The van der Waals surface area contributed by atoms with Crippen LogP contribution in [-0.4, -0.2) is 17.3 Å². The van der Waals surface area contributed by atoms with Crippen LogP contribution in [-0.2, 0) is 0 Å². The molecular weight excluding hydrogens is 266 g/mol. The predicted molar refractivity (Wildman–Crippen MR) is 72.9 cm³/mol. The maximum atomic E-state index is 12.0. The van der Waals surface area contributed by atoms with Crippen LogP contribution in [0.5, 0.6) is 5.75 Å². The van der Waals surface area contributed by atoms with E-state index in [1.165, 1.54) is 24.3 Å². The number of hydrogen-bond donors (Lipinski definition) is 2. The van der Waals surface area contributed by atoms with Crippen LogP contribution in [0.25, 0.3) is 0 Å². The van der Waals surface area contributed by atoms with Crippen LogP contribution in [0.2, 0.25) is 5.02 Å². The number of carbonyl (C=O) groups excluding carboxylic acids is 2. The molecule has 0 spiro atoms. The van der Waals surface area contributed by atoms with Crippen LogP contribution in [0, 0.1) is 0 Å². The second-order valence-electron chi connectivity index (χ2n) is 3.86. The summed E-state index contributed by atoms with van der Waals surface area (Å²) < 4.78 is 0. The van der Waals surface area contributed by atoms with Gasteiger partial charge in [0.1, 0.15) is 12.0 Å². The molecule has 5 heteroatoms. The molecule has 1 amide bonds. The van der Waals surface area contributed by atoms with Crippen LogP contribution >= 0.6 is 11.6 Å². The van der Waals surface area contributed by atoms with E-state index in [4.69, 9.17) is 11.6 Å². The standard InChI is InChI=1S/C14H10ClNO3/c15-10-4-5-13(18)12(7-10)14(19)16-11-3-1-2-9(6-11)8-17/h1-8,18H,(H,16,19). The summed E-state index contributed by atoms with van der Waals surface area (Å²) in [5, 5.41) is 12.5. The molecule has 0 atom stereocenters. The quantitative estimate of drug-likeness (QED) is 0.846. The van der Waals surface area contributed by atoms with Crippen LogP contribution < -0.4 is 5.32 Å².